The zero-order valence-corrected chi connectivity index (χ0v) is 12.8. The van der Waals surface area contributed by atoms with E-state index in [1.807, 2.05) is 12.1 Å². The lowest BCUT2D eigenvalue weighted by Crippen LogP contribution is -2.26. The van der Waals surface area contributed by atoms with Gasteiger partial charge in [-0.1, -0.05) is 38.3 Å². The molecule has 18 heavy (non-hydrogen) atoms. The first-order valence-corrected chi connectivity index (χ1v) is 7.60. The molecule has 0 aliphatic carbocycles. The molecular weight excluding hydrogens is 267 g/mol. The zero-order valence-electron chi connectivity index (χ0n) is 11.3. The topological polar surface area (TPSA) is 16.1 Å². The molecule has 0 amide bonds. The molecule has 4 heteroatoms. The summed E-state index contributed by atoms with van der Waals surface area (Å²) in [6.45, 7) is 6.51. The van der Waals surface area contributed by atoms with E-state index in [4.69, 9.17) is 23.2 Å². The summed E-state index contributed by atoms with van der Waals surface area (Å²) in [5, 5.41) is 0.652. The minimum atomic E-state index is 0.363. The summed E-state index contributed by atoms with van der Waals surface area (Å²) >= 11 is 11.9. The molecule has 0 unspecified atom stereocenters. The fourth-order valence-electron chi connectivity index (χ4n) is 1.78. The quantitative estimate of drug-likeness (QED) is 0.634. The molecule has 1 aromatic heterocycles. The molecule has 0 saturated carbocycles. The molecule has 0 N–H and O–H groups in total. The fraction of sp³-hybridized carbons (Fsp3) is 0.643. The number of nitrogens with zero attached hydrogens (tertiary/aromatic N) is 2. The number of unbranched alkanes of at least 4 members (excludes halogenated alkanes) is 2. The number of pyridine rings is 1. The summed E-state index contributed by atoms with van der Waals surface area (Å²) in [6.07, 6.45) is 4.76. The zero-order chi connectivity index (χ0) is 13.4. The molecule has 1 heterocycles. The summed E-state index contributed by atoms with van der Waals surface area (Å²) in [7, 11) is 0. The number of rotatable bonds is 8. The summed E-state index contributed by atoms with van der Waals surface area (Å²) in [5.74, 6) is 1.36. The van der Waals surface area contributed by atoms with E-state index in [1.54, 1.807) is 0 Å². The van der Waals surface area contributed by atoms with Gasteiger partial charge in [-0.3, -0.25) is 0 Å². The summed E-state index contributed by atoms with van der Waals surface area (Å²) in [5.41, 5.74) is 0.772. The SMILES string of the molecule is CCCCN(CCCC)c1ccc(Cl)c(CCl)n1. The van der Waals surface area contributed by atoms with E-state index in [0.717, 1.165) is 24.6 Å². The average molecular weight is 289 g/mol. The number of hydrogen-bond acceptors (Lipinski definition) is 2. The van der Waals surface area contributed by atoms with Gasteiger partial charge in [-0.2, -0.15) is 0 Å². The third-order valence-corrected chi connectivity index (χ3v) is 3.51. The number of halogens is 2. The van der Waals surface area contributed by atoms with Crippen molar-refractivity contribution in [3.63, 3.8) is 0 Å². The normalized spacial score (nSPS) is 10.7. The van der Waals surface area contributed by atoms with Gasteiger partial charge in [0.2, 0.25) is 0 Å². The van der Waals surface area contributed by atoms with E-state index in [1.165, 1.54) is 25.7 Å². The molecule has 2 nitrogen and oxygen atoms in total. The van der Waals surface area contributed by atoms with Crippen molar-refractivity contribution in [1.29, 1.82) is 0 Å². The molecule has 0 fully saturated rings. The second-order valence-electron chi connectivity index (χ2n) is 4.43. The van der Waals surface area contributed by atoms with Crippen molar-refractivity contribution in [1.82, 2.24) is 4.98 Å². The highest BCUT2D eigenvalue weighted by Gasteiger charge is 2.09. The van der Waals surface area contributed by atoms with Crippen molar-refractivity contribution in [3.05, 3.63) is 22.8 Å². The third kappa shape index (κ3) is 4.66. The van der Waals surface area contributed by atoms with Gasteiger partial charge in [0.1, 0.15) is 5.82 Å². The van der Waals surface area contributed by atoms with E-state index >= 15 is 0 Å². The van der Waals surface area contributed by atoms with Crippen LogP contribution in [0.4, 0.5) is 5.82 Å². The van der Waals surface area contributed by atoms with Crippen LogP contribution >= 0.6 is 23.2 Å². The third-order valence-electron chi connectivity index (χ3n) is 2.92. The maximum Gasteiger partial charge on any atom is 0.128 e. The lowest BCUT2D eigenvalue weighted by atomic mass is 10.2. The van der Waals surface area contributed by atoms with E-state index in [-0.39, 0.29) is 0 Å². The second-order valence-corrected chi connectivity index (χ2v) is 5.10. The minimum Gasteiger partial charge on any atom is -0.357 e. The van der Waals surface area contributed by atoms with Crippen LogP contribution in [0.5, 0.6) is 0 Å². The molecule has 0 bridgehead atoms. The highest BCUT2D eigenvalue weighted by Crippen LogP contribution is 2.21. The first-order chi connectivity index (χ1) is 8.72. The highest BCUT2D eigenvalue weighted by molar-refractivity contribution is 6.32. The molecule has 1 rings (SSSR count). The largest absolute Gasteiger partial charge is 0.357 e. The van der Waals surface area contributed by atoms with E-state index in [9.17, 15) is 0 Å². The van der Waals surface area contributed by atoms with Crippen LogP contribution in [0, 0.1) is 0 Å². The molecule has 0 atom stereocenters. The lowest BCUT2D eigenvalue weighted by Gasteiger charge is -2.24. The standard InChI is InChI=1S/C14H22Cl2N2/c1-3-5-9-18(10-6-4-2)14-8-7-12(16)13(11-15)17-14/h7-8H,3-6,9-11H2,1-2H3. The van der Waals surface area contributed by atoms with Gasteiger partial charge in [0, 0.05) is 13.1 Å². The Morgan fingerprint density at radius 3 is 2.22 bits per heavy atom. The molecule has 0 aliphatic heterocycles. The molecule has 0 aliphatic rings. The van der Waals surface area contributed by atoms with Crippen molar-refractivity contribution in [3.8, 4) is 0 Å². The van der Waals surface area contributed by atoms with Gasteiger partial charge in [0.15, 0.2) is 0 Å². The Morgan fingerprint density at radius 2 is 1.72 bits per heavy atom. The molecule has 0 aromatic carbocycles. The van der Waals surface area contributed by atoms with E-state index in [2.05, 4.69) is 23.7 Å². The summed E-state index contributed by atoms with van der Waals surface area (Å²) < 4.78 is 0. The van der Waals surface area contributed by atoms with Crippen LogP contribution in [0.2, 0.25) is 5.02 Å². The predicted molar refractivity (Wildman–Crippen MR) is 80.8 cm³/mol. The van der Waals surface area contributed by atoms with Crippen LogP contribution in [-0.2, 0) is 5.88 Å². The van der Waals surface area contributed by atoms with E-state index in [0.29, 0.717) is 10.9 Å². The van der Waals surface area contributed by atoms with E-state index < -0.39 is 0 Å². The first-order valence-electron chi connectivity index (χ1n) is 6.69. The van der Waals surface area contributed by atoms with Crippen LogP contribution in [0.1, 0.15) is 45.2 Å². The molecule has 102 valence electrons. The lowest BCUT2D eigenvalue weighted by molar-refractivity contribution is 0.670. The van der Waals surface area contributed by atoms with Gasteiger partial charge in [0.25, 0.3) is 0 Å². The van der Waals surface area contributed by atoms with Gasteiger partial charge < -0.3 is 4.90 Å². The van der Waals surface area contributed by atoms with Crippen molar-refractivity contribution < 1.29 is 0 Å². The Kier molecular flexibility index (Phi) is 7.45. The van der Waals surface area contributed by atoms with Crippen molar-refractivity contribution in [2.24, 2.45) is 0 Å². The monoisotopic (exact) mass is 288 g/mol. The highest BCUT2D eigenvalue weighted by atomic mass is 35.5. The Hall–Kier alpha value is -0.470. The predicted octanol–water partition coefficient (Wildman–Crippen LogP) is 4.88. The van der Waals surface area contributed by atoms with Gasteiger partial charge in [-0.25, -0.2) is 4.98 Å². The van der Waals surface area contributed by atoms with Crippen LogP contribution in [-0.4, -0.2) is 18.1 Å². The molecular formula is C14H22Cl2N2. The Bertz CT molecular complexity index is 348. The van der Waals surface area contributed by atoms with Crippen molar-refractivity contribution in [2.75, 3.05) is 18.0 Å². The number of alkyl halides is 1. The van der Waals surface area contributed by atoms with Crippen molar-refractivity contribution in [2.45, 2.75) is 45.4 Å². The van der Waals surface area contributed by atoms with Crippen LogP contribution in [0.15, 0.2) is 12.1 Å². The van der Waals surface area contributed by atoms with Crippen molar-refractivity contribution >= 4 is 29.0 Å². The molecule has 0 radical (unpaired) electrons. The van der Waals surface area contributed by atoms with Crippen LogP contribution < -0.4 is 4.90 Å². The smallest absolute Gasteiger partial charge is 0.128 e. The number of anilines is 1. The van der Waals surface area contributed by atoms with Crippen LogP contribution in [0.3, 0.4) is 0 Å². The fourth-order valence-corrected chi connectivity index (χ4v) is 2.23. The van der Waals surface area contributed by atoms with Gasteiger partial charge in [-0.15, -0.1) is 11.6 Å². The Morgan fingerprint density at radius 1 is 1.11 bits per heavy atom. The second kappa shape index (κ2) is 8.60. The average Bonchev–Trinajstić information content (AvgIpc) is 2.40. The van der Waals surface area contributed by atoms with Crippen LogP contribution in [0.25, 0.3) is 0 Å². The Labute approximate surface area is 120 Å². The molecule has 1 aromatic rings. The van der Waals surface area contributed by atoms with Gasteiger partial charge in [0.05, 0.1) is 16.6 Å². The first kappa shape index (κ1) is 15.6. The molecule has 0 saturated heterocycles. The Balaban J connectivity index is 2.82. The van der Waals surface area contributed by atoms with Gasteiger partial charge >= 0.3 is 0 Å². The van der Waals surface area contributed by atoms with Gasteiger partial charge in [-0.05, 0) is 25.0 Å². The maximum atomic E-state index is 6.04. The number of aromatic nitrogens is 1. The maximum absolute atomic E-state index is 6.04. The summed E-state index contributed by atoms with van der Waals surface area (Å²) in [6, 6.07) is 3.89. The molecule has 0 spiro atoms. The number of hydrogen-bond donors (Lipinski definition) is 0. The minimum absolute atomic E-state index is 0.363. The summed E-state index contributed by atoms with van der Waals surface area (Å²) in [4.78, 5) is 6.89.